The van der Waals surface area contributed by atoms with Crippen LogP contribution in [-0.4, -0.2) is 16.7 Å². The topological polar surface area (TPSA) is 124 Å². The minimum Gasteiger partial charge on any atom is -0.486 e. The lowest BCUT2D eigenvalue weighted by molar-refractivity contribution is -0.385. The Morgan fingerprint density at radius 2 is 1.76 bits per heavy atom. The van der Waals surface area contributed by atoms with E-state index in [-0.39, 0.29) is 23.6 Å². The number of nitrogens with one attached hydrogen (secondary N) is 2. The van der Waals surface area contributed by atoms with E-state index in [0.717, 1.165) is 6.07 Å². The van der Waals surface area contributed by atoms with Crippen molar-refractivity contribution in [2.24, 2.45) is 0 Å². The van der Waals surface area contributed by atoms with E-state index in [0.29, 0.717) is 17.1 Å². The van der Waals surface area contributed by atoms with Crippen LogP contribution in [0.15, 0.2) is 65.1 Å². The Balaban J connectivity index is 1.55. The van der Waals surface area contributed by atoms with Crippen LogP contribution in [0, 0.1) is 17.0 Å². The van der Waals surface area contributed by atoms with Crippen LogP contribution in [0.2, 0.25) is 0 Å². The van der Waals surface area contributed by atoms with E-state index in [1.54, 1.807) is 25.1 Å². The van der Waals surface area contributed by atoms with Crippen molar-refractivity contribution in [1.29, 1.82) is 0 Å². The molecule has 0 aliphatic heterocycles. The van der Waals surface area contributed by atoms with Gasteiger partial charge in [0.15, 0.2) is 5.76 Å². The van der Waals surface area contributed by atoms with Crippen molar-refractivity contribution in [2.45, 2.75) is 13.5 Å². The largest absolute Gasteiger partial charge is 0.486 e. The molecule has 0 spiro atoms. The number of carbonyl (C=O) groups is 2. The fraction of sp³-hybridized carbons (Fsp3) is 0.100. The first-order valence-electron chi connectivity index (χ1n) is 8.56. The number of nitrogens with zero attached hydrogens (tertiary/aromatic N) is 1. The Kier molecular flexibility index (Phi) is 5.88. The minimum atomic E-state index is -0.694. The highest BCUT2D eigenvalue weighted by Crippen LogP contribution is 2.19. The third-order valence-corrected chi connectivity index (χ3v) is 3.97. The van der Waals surface area contributed by atoms with Crippen LogP contribution in [-0.2, 0) is 6.61 Å². The Labute approximate surface area is 165 Å². The van der Waals surface area contributed by atoms with Gasteiger partial charge in [-0.25, -0.2) is 0 Å². The zero-order chi connectivity index (χ0) is 20.8. The fourth-order valence-corrected chi connectivity index (χ4v) is 2.44. The fourth-order valence-electron chi connectivity index (χ4n) is 2.44. The number of benzene rings is 2. The van der Waals surface area contributed by atoms with E-state index < -0.39 is 16.7 Å². The van der Waals surface area contributed by atoms with E-state index in [1.165, 1.54) is 18.2 Å². The van der Waals surface area contributed by atoms with E-state index in [4.69, 9.17) is 9.15 Å². The third kappa shape index (κ3) is 4.98. The molecule has 0 aliphatic rings. The number of hydrogen-bond donors (Lipinski definition) is 2. The number of para-hydroxylation sites is 1. The lowest BCUT2D eigenvalue weighted by atomic mass is 10.1. The van der Waals surface area contributed by atoms with E-state index in [2.05, 4.69) is 10.9 Å². The van der Waals surface area contributed by atoms with Crippen molar-refractivity contribution in [2.75, 3.05) is 0 Å². The summed E-state index contributed by atoms with van der Waals surface area (Å²) < 4.78 is 10.9. The molecule has 0 unspecified atom stereocenters. The lowest BCUT2D eigenvalue weighted by Gasteiger charge is -2.07. The molecule has 2 N–H and O–H groups in total. The SMILES string of the molecule is Cc1ccc(C(=O)NNC(=O)c2ccc(COc3ccccc3)o2)cc1[N+](=O)[O-]. The number of rotatable bonds is 6. The summed E-state index contributed by atoms with van der Waals surface area (Å²) in [6.07, 6.45) is 0. The van der Waals surface area contributed by atoms with Gasteiger partial charge in [-0.1, -0.05) is 24.3 Å². The molecular weight excluding hydrogens is 378 g/mol. The molecule has 0 bridgehead atoms. The first-order valence-corrected chi connectivity index (χ1v) is 8.56. The van der Waals surface area contributed by atoms with Gasteiger partial charge in [0.2, 0.25) is 0 Å². The Bertz CT molecular complexity index is 1050. The molecule has 2 aromatic carbocycles. The second-order valence-electron chi connectivity index (χ2n) is 6.03. The van der Waals surface area contributed by atoms with E-state index in [1.807, 2.05) is 18.2 Å². The average molecular weight is 395 g/mol. The van der Waals surface area contributed by atoms with Gasteiger partial charge in [0.25, 0.3) is 11.6 Å². The molecule has 29 heavy (non-hydrogen) atoms. The van der Waals surface area contributed by atoms with Gasteiger partial charge in [-0.15, -0.1) is 0 Å². The zero-order valence-corrected chi connectivity index (χ0v) is 15.4. The van der Waals surface area contributed by atoms with Crippen LogP contribution >= 0.6 is 0 Å². The smallest absolute Gasteiger partial charge is 0.305 e. The molecule has 1 aromatic heterocycles. The molecule has 9 heteroatoms. The van der Waals surface area contributed by atoms with Gasteiger partial charge in [0, 0.05) is 17.2 Å². The Morgan fingerprint density at radius 1 is 1.03 bits per heavy atom. The predicted molar refractivity (Wildman–Crippen MR) is 102 cm³/mol. The van der Waals surface area contributed by atoms with Crippen LogP contribution in [0.3, 0.4) is 0 Å². The summed E-state index contributed by atoms with van der Waals surface area (Å²) in [5.41, 5.74) is 4.69. The molecule has 0 atom stereocenters. The second kappa shape index (κ2) is 8.70. The van der Waals surface area contributed by atoms with Gasteiger partial charge < -0.3 is 9.15 Å². The van der Waals surface area contributed by atoms with Crippen LogP contribution in [0.5, 0.6) is 5.75 Å². The maximum absolute atomic E-state index is 12.1. The van der Waals surface area contributed by atoms with Crippen molar-refractivity contribution in [3.05, 3.63) is 93.4 Å². The summed E-state index contributed by atoms with van der Waals surface area (Å²) in [4.78, 5) is 34.7. The van der Waals surface area contributed by atoms with Crippen molar-refractivity contribution in [3.8, 4) is 5.75 Å². The highest BCUT2D eigenvalue weighted by Gasteiger charge is 2.17. The van der Waals surface area contributed by atoms with Crippen LogP contribution in [0.4, 0.5) is 5.69 Å². The van der Waals surface area contributed by atoms with Crippen molar-refractivity contribution in [1.82, 2.24) is 10.9 Å². The molecule has 0 fully saturated rings. The highest BCUT2D eigenvalue weighted by atomic mass is 16.6. The second-order valence-corrected chi connectivity index (χ2v) is 6.03. The van der Waals surface area contributed by atoms with E-state index >= 15 is 0 Å². The van der Waals surface area contributed by atoms with Gasteiger partial charge in [-0.05, 0) is 37.3 Å². The minimum absolute atomic E-state index is 0.0214. The van der Waals surface area contributed by atoms with Gasteiger partial charge in [-0.2, -0.15) is 0 Å². The Morgan fingerprint density at radius 3 is 2.48 bits per heavy atom. The van der Waals surface area contributed by atoms with Gasteiger partial charge in [0.1, 0.15) is 18.1 Å². The monoisotopic (exact) mass is 395 g/mol. The number of nitro groups is 1. The molecule has 148 valence electrons. The van der Waals surface area contributed by atoms with Crippen molar-refractivity contribution >= 4 is 17.5 Å². The maximum Gasteiger partial charge on any atom is 0.305 e. The van der Waals surface area contributed by atoms with Crippen LogP contribution < -0.4 is 15.6 Å². The number of hydrogen-bond acceptors (Lipinski definition) is 6. The summed E-state index contributed by atoms with van der Waals surface area (Å²) in [5, 5.41) is 11.0. The molecule has 0 aliphatic carbocycles. The number of hydrazine groups is 1. The predicted octanol–water partition coefficient (Wildman–Crippen LogP) is 3.15. The van der Waals surface area contributed by atoms with Crippen LogP contribution in [0.1, 0.15) is 32.2 Å². The van der Waals surface area contributed by atoms with Crippen LogP contribution in [0.25, 0.3) is 0 Å². The summed E-state index contributed by atoms with van der Waals surface area (Å²) in [6.45, 7) is 1.70. The summed E-state index contributed by atoms with van der Waals surface area (Å²) in [7, 11) is 0. The number of carbonyl (C=O) groups excluding carboxylic acids is 2. The summed E-state index contributed by atoms with van der Waals surface area (Å²) >= 11 is 0. The van der Waals surface area contributed by atoms with Crippen molar-refractivity contribution in [3.63, 3.8) is 0 Å². The normalized spacial score (nSPS) is 10.2. The molecule has 0 radical (unpaired) electrons. The number of aryl methyl sites for hydroxylation is 1. The summed E-state index contributed by atoms with van der Waals surface area (Å²) in [5.74, 6) is -0.299. The average Bonchev–Trinajstić information content (AvgIpc) is 3.20. The Hall–Kier alpha value is -4.14. The lowest BCUT2D eigenvalue weighted by Crippen LogP contribution is -2.41. The zero-order valence-electron chi connectivity index (χ0n) is 15.4. The van der Waals surface area contributed by atoms with E-state index in [9.17, 15) is 19.7 Å². The number of nitro benzene ring substituents is 1. The van der Waals surface area contributed by atoms with Gasteiger partial charge in [-0.3, -0.25) is 30.6 Å². The maximum atomic E-state index is 12.1. The molecule has 1 heterocycles. The van der Waals surface area contributed by atoms with Gasteiger partial charge >= 0.3 is 5.91 Å². The highest BCUT2D eigenvalue weighted by molar-refractivity contribution is 5.98. The molecule has 3 aromatic rings. The quantitative estimate of drug-likeness (QED) is 0.488. The first-order chi connectivity index (χ1) is 13.9. The molecule has 0 saturated carbocycles. The third-order valence-electron chi connectivity index (χ3n) is 3.97. The number of furan rings is 1. The first kappa shape index (κ1) is 19.6. The standard InChI is InChI=1S/C20H17N3O6/c1-13-7-8-14(11-17(13)23(26)27)19(24)21-22-20(25)18-10-9-16(29-18)12-28-15-5-3-2-4-6-15/h2-11H,12H2,1H3,(H,21,24)(H,22,25). The molecule has 3 rings (SSSR count). The molecule has 2 amide bonds. The molecular formula is C20H17N3O6. The number of ether oxygens (including phenoxy) is 1. The summed E-state index contributed by atoms with van der Waals surface area (Å²) in [6, 6.07) is 16.2. The molecule has 0 saturated heterocycles. The number of amides is 2. The molecule has 9 nitrogen and oxygen atoms in total. The van der Waals surface area contributed by atoms with Gasteiger partial charge in [0.05, 0.1) is 4.92 Å². The van der Waals surface area contributed by atoms with Crippen molar-refractivity contribution < 1.29 is 23.7 Å².